The molecule has 0 unspecified atom stereocenters. The average Bonchev–Trinajstić information content (AvgIpc) is 2.97. The van der Waals surface area contributed by atoms with Crippen molar-refractivity contribution in [2.75, 3.05) is 12.0 Å². The van der Waals surface area contributed by atoms with Crippen molar-refractivity contribution in [2.45, 2.75) is 6.92 Å². The standard InChI is InChI=1S/C18H16N2O/c1-12-14-6-4-3-5-13(14)7-8-15(12)17-18-16(19-11-21-18)9-10-20(17)2/h3-10H,11H2,1-2H3/p+1. The van der Waals surface area contributed by atoms with E-state index in [0.717, 1.165) is 17.1 Å². The molecule has 104 valence electrons. The van der Waals surface area contributed by atoms with E-state index >= 15 is 0 Å². The third kappa shape index (κ3) is 1.77. The molecule has 0 radical (unpaired) electrons. The van der Waals surface area contributed by atoms with Gasteiger partial charge in [0.05, 0.1) is 11.3 Å². The summed E-state index contributed by atoms with van der Waals surface area (Å²) < 4.78 is 7.93. The first-order chi connectivity index (χ1) is 10.3. The summed E-state index contributed by atoms with van der Waals surface area (Å²) in [5, 5.41) is 5.82. The number of hydrogen-bond donors (Lipinski definition) is 1. The molecule has 1 aliphatic heterocycles. The molecule has 0 spiro atoms. The van der Waals surface area contributed by atoms with Gasteiger partial charge in [-0.2, -0.15) is 4.57 Å². The van der Waals surface area contributed by atoms with Crippen LogP contribution in [0.1, 0.15) is 5.56 Å². The van der Waals surface area contributed by atoms with Gasteiger partial charge in [0, 0.05) is 6.07 Å². The fourth-order valence-corrected chi connectivity index (χ4v) is 3.09. The molecule has 2 heterocycles. The normalized spacial score (nSPS) is 12.9. The molecule has 3 aromatic rings. The first-order valence-electron chi connectivity index (χ1n) is 7.14. The average molecular weight is 277 g/mol. The number of ether oxygens (including phenoxy) is 1. The Morgan fingerprint density at radius 1 is 1.10 bits per heavy atom. The van der Waals surface area contributed by atoms with E-state index in [0.29, 0.717) is 6.73 Å². The van der Waals surface area contributed by atoms with Crippen LogP contribution < -0.4 is 14.6 Å². The molecule has 1 N–H and O–H groups in total. The van der Waals surface area contributed by atoms with Crippen molar-refractivity contribution in [2.24, 2.45) is 7.05 Å². The molecule has 21 heavy (non-hydrogen) atoms. The number of rotatable bonds is 1. The van der Waals surface area contributed by atoms with Crippen molar-refractivity contribution in [3.8, 4) is 17.0 Å². The lowest BCUT2D eigenvalue weighted by molar-refractivity contribution is -0.660. The highest BCUT2D eigenvalue weighted by atomic mass is 16.5. The van der Waals surface area contributed by atoms with Gasteiger partial charge in [-0.1, -0.05) is 30.3 Å². The summed E-state index contributed by atoms with van der Waals surface area (Å²) in [5.41, 5.74) is 4.70. The maximum atomic E-state index is 5.80. The van der Waals surface area contributed by atoms with Crippen LogP contribution in [-0.2, 0) is 7.05 Å². The zero-order valence-electron chi connectivity index (χ0n) is 12.2. The van der Waals surface area contributed by atoms with Gasteiger partial charge in [0.25, 0.3) is 5.69 Å². The number of benzene rings is 2. The second kappa shape index (κ2) is 4.48. The number of hydrogen-bond acceptors (Lipinski definition) is 2. The van der Waals surface area contributed by atoms with Crippen molar-refractivity contribution in [1.29, 1.82) is 0 Å². The van der Waals surface area contributed by atoms with Crippen LogP contribution >= 0.6 is 0 Å². The topological polar surface area (TPSA) is 25.1 Å². The molecule has 1 aromatic heterocycles. The zero-order chi connectivity index (χ0) is 14.4. The number of aromatic nitrogens is 1. The summed E-state index contributed by atoms with van der Waals surface area (Å²) in [7, 11) is 2.06. The van der Waals surface area contributed by atoms with Gasteiger partial charge in [0.2, 0.25) is 5.75 Å². The van der Waals surface area contributed by atoms with Crippen LogP contribution in [0.5, 0.6) is 5.75 Å². The van der Waals surface area contributed by atoms with Crippen molar-refractivity contribution in [1.82, 2.24) is 0 Å². The molecule has 0 atom stereocenters. The first kappa shape index (κ1) is 12.2. The number of fused-ring (bicyclic) bond motifs is 2. The quantitative estimate of drug-likeness (QED) is 0.690. The van der Waals surface area contributed by atoms with Gasteiger partial charge in [-0.05, 0) is 29.3 Å². The van der Waals surface area contributed by atoms with Crippen molar-refractivity contribution in [3.05, 3.63) is 54.2 Å². The van der Waals surface area contributed by atoms with E-state index in [-0.39, 0.29) is 0 Å². The number of anilines is 1. The molecule has 0 bridgehead atoms. The van der Waals surface area contributed by atoms with Crippen LogP contribution in [0, 0.1) is 6.92 Å². The Hall–Kier alpha value is -2.55. The molecule has 3 nitrogen and oxygen atoms in total. The van der Waals surface area contributed by atoms with Crippen molar-refractivity contribution < 1.29 is 9.30 Å². The van der Waals surface area contributed by atoms with Gasteiger partial charge in [0.15, 0.2) is 12.9 Å². The Bertz CT molecular complexity index is 855. The Morgan fingerprint density at radius 3 is 2.86 bits per heavy atom. The Kier molecular flexibility index (Phi) is 2.61. The number of nitrogens with zero attached hydrogens (tertiary/aromatic N) is 1. The molecular weight excluding hydrogens is 260 g/mol. The van der Waals surface area contributed by atoms with Crippen LogP contribution in [0.4, 0.5) is 5.69 Å². The van der Waals surface area contributed by atoms with E-state index < -0.39 is 0 Å². The number of pyridine rings is 1. The van der Waals surface area contributed by atoms with Gasteiger partial charge in [-0.3, -0.25) is 0 Å². The van der Waals surface area contributed by atoms with Crippen LogP contribution in [0.25, 0.3) is 22.0 Å². The van der Waals surface area contributed by atoms with E-state index in [1.807, 2.05) is 0 Å². The minimum Gasteiger partial charge on any atom is -0.464 e. The Morgan fingerprint density at radius 2 is 1.95 bits per heavy atom. The van der Waals surface area contributed by atoms with Crippen LogP contribution in [0.15, 0.2) is 48.7 Å². The fraction of sp³-hybridized carbons (Fsp3) is 0.167. The molecule has 1 aliphatic rings. The minimum absolute atomic E-state index is 0.541. The molecule has 0 saturated heterocycles. The van der Waals surface area contributed by atoms with E-state index in [9.17, 15) is 0 Å². The molecule has 0 fully saturated rings. The fourth-order valence-electron chi connectivity index (χ4n) is 3.09. The number of aryl methyl sites for hydroxylation is 2. The number of nitrogens with one attached hydrogen (secondary N) is 1. The molecule has 3 heteroatoms. The maximum absolute atomic E-state index is 5.80. The van der Waals surface area contributed by atoms with E-state index in [4.69, 9.17) is 4.74 Å². The summed E-state index contributed by atoms with van der Waals surface area (Å²) in [6, 6.07) is 14.9. The van der Waals surface area contributed by atoms with Gasteiger partial charge >= 0.3 is 0 Å². The van der Waals surface area contributed by atoms with Gasteiger partial charge in [-0.15, -0.1) is 0 Å². The van der Waals surface area contributed by atoms with Crippen molar-refractivity contribution >= 4 is 16.5 Å². The third-order valence-electron chi connectivity index (χ3n) is 4.21. The maximum Gasteiger partial charge on any atom is 0.257 e. The highest BCUT2D eigenvalue weighted by molar-refractivity contribution is 5.92. The van der Waals surface area contributed by atoms with E-state index in [1.165, 1.54) is 21.9 Å². The Balaban J connectivity index is 2.04. The van der Waals surface area contributed by atoms with Gasteiger partial charge < -0.3 is 10.1 Å². The minimum atomic E-state index is 0.541. The molecule has 0 aliphatic carbocycles. The lowest BCUT2D eigenvalue weighted by Crippen LogP contribution is -2.30. The highest BCUT2D eigenvalue weighted by Crippen LogP contribution is 2.39. The largest absolute Gasteiger partial charge is 0.464 e. The lowest BCUT2D eigenvalue weighted by Gasteiger charge is -2.10. The van der Waals surface area contributed by atoms with Crippen LogP contribution in [-0.4, -0.2) is 6.73 Å². The van der Waals surface area contributed by atoms with Crippen LogP contribution in [0.3, 0.4) is 0 Å². The SMILES string of the molecule is Cc1c(-c2c3c(cc[n+]2C)NCO3)ccc2ccccc12. The second-order valence-electron chi connectivity index (χ2n) is 5.44. The molecular formula is C18H17N2O+. The summed E-state index contributed by atoms with van der Waals surface area (Å²) >= 11 is 0. The van der Waals surface area contributed by atoms with E-state index in [2.05, 4.69) is 72.5 Å². The zero-order valence-corrected chi connectivity index (χ0v) is 12.2. The highest BCUT2D eigenvalue weighted by Gasteiger charge is 2.26. The predicted octanol–water partition coefficient (Wildman–Crippen LogP) is 3.40. The van der Waals surface area contributed by atoms with Gasteiger partial charge in [-0.25, -0.2) is 0 Å². The van der Waals surface area contributed by atoms with Gasteiger partial charge in [0.1, 0.15) is 7.05 Å². The van der Waals surface area contributed by atoms with Crippen LogP contribution in [0.2, 0.25) is 0 Å². The molecule has 0 amide bonds. The predicted molar refractivity (Wildman–Crippen MR) is 84.4 cm³/mol. The first-order valence-corrected chi connectivity index (χ1v) is 7.14. The molecule has 0 saturated carbocycles. The lowest BCUT2D eigenvalue weighted by atomic mass is 9.97. The summed E-state index contributed by atoms with van der Waals surface area (Å²) in [5.74, 6) is 0.943. The third-order valence-corrected chi connectivity index (χ3v) is 4.21. The monoisotopic (exact) mass is 277 g/mol. The second-order valence-corrected chi connectivity index (χ2v) is 5.44. The smallest absolute Gasteiger partial charge is 0.257 e. The molecule has 2 aromatic carbocycles. The molecule has 4 rings (SSSR count). The summed E-state index contributed by atoms with van der Waals surface area (Å²) in [6.45, 7) is 2.72. The van der Waals surface area contributed by atoms with E-state index in [1.54, 1.807) is 0 Å². The summed E-state index contributed by atoms with van der Waals surface area (Å²) in [6.07, 6.45) is 2.07. The Labute approximate surface area is 123 Å². The summed E-state index contributed by atoms with van der Waals surface area (Å²) in [4.78, 5) is 0. The van der Waals surface area contributed by atoms with Crippen molar-refractivity contribution in [3.63, 3.8) is 0 Å².